The summed E-state index contributed by atoms with van der Waals surface area (Å²) in [5, 5.41) is 291. The van der Waals surface area contributed by atoms with E-state index in [4.69, 9.17) is 75.8 Å². The Morgan fingerprint density at radius 2 is 0.505 bits per heavy atom. The summed E-state index contributed by atoms with van der Waals surface area (Å²) in [5.41, 5.74) is -0.0348. The molecule has 0 radical (unpaired) electrons. The molecule has 1 aromatic carbocycles. The summed E-state index contributed by atoms with van der Waals surface area (Å²) in [5.74, 6) is -0.373. The molecule has 9 heterocycles. The van der Waals surface area contributed by atoms with Gasteiger partial charge in [0.2, 0.25) is 12.2 Å². The summed E-state index contributed by atoms with van der Waals surface area (Å²) in [7, 11) is 0. The minimum atomic E-state index is -2.10. The Hall–Kier alpha value is -3.44. The molecule has 9 aliphatic rings. The van der Waals surface area contributed by atoms with Gasteiger partial charge in [-0.05, 0) is 24.1 Å². The van der Waals surface area contributed by atoms with E-state index in [1.54, 1.807) is 26.0 Å². The fraction of sp³-hybridized carbons (Fsp3) is 0.869. The van der Waals surface area contributed by atoms with Gasteiger partial charge in [0, 0.05) is 11.5 Å². The Morgan fingerprint density at radius 1 is 0.295 bits per heavy atom. The number of nitrogens with one attached hydrogen (secondary N) is 1. The quantitative estimate of drug-likeness (QED) is 0.0409. The summed E-state index contributed by atoms with van der Waals surface area (Å²) in [6.45, 7) is -3.04. The Balaban J connectivity index is 0.682. The first kappa shape index (κ1) is 84.0. The maximum absolute atomic E-state index is 11.0. The highest BCUT2D eigenvalue weighted by Crippen LogP contribution is 2.39. The highest BCUT2D eigenvalue weighted by atomic mass is 16.8. The molecule has 604 valence electrons. The average Bonchev–Trinajstić information content (AvgIpc) is 1.75. The van der Waals surface area contributed by atoms with Crippen LogP contribution in [0.3, 0.4) is 0 Å². The Kier molecular flexibility index (Phi) is 28.4. The van der Waals surface area contributed by atoms with E-state index >= 15 is 0 Å². The van der Waals surface area contributed by atoms with E-state index < -0.39 is 304 Å². The first-order valence-electron chi connectivity index (χ1n) is 33.7. The van der Waals surface area contributed by atoms with E-state index in [1.807, 2.05) is 0 Å². The van der Waals surface area contributed by atoms with Crippen LogP contribution >= 0.6 is 0 Å². The second kappa shape index (κ2) is 35.5. The van der Waals surface area contributed by atoms with E-state index in [2.05, 4.69) is 5.32 Å². The van der Waals surface area contributed by atoms with Crippen molar-refractivity contribution >= 4 is 0 Å². The van der Waals surface area contributed by atoms with Crippen molar-refractivity contribution in [3.05, 3.63) is 41.5 Å². The minimum absolute atomic E-state index is 0.146. The van der Waals surface area contributed by atoms with Crippen LogP contribution in [0.2, 0.25) is 0 Å². The van der Waals surface area contributed by atoms with Crippen molar-refractivity contribution in [3.8, 4) is 5.75 Å². The van der Waals surface area contributed by atoms with E-state index in [0.717, 1.165) is 5.56 Å². The van der Waals surface area contributed by atoms with Gasteiger partial charge in [0.15, 0.2) is 49.8 Å². The molecule has 10 rings (SSSR count). The van der Waals surface area contributed by atoms with Gasteiger partial charge in [-0.2, -0.15) is 0 Å². The molecule has 44 heteroatoms. The molecule has 44 nitrogen and oxygen atoms in total. The number of benzene rings is 1. The summed E-state index contributed by atoms with van der Waals surface area (Å²) < 4.78 is 89.8. The van der Waals surface area contributed by atoms with Crippen molar-refractivity contribution in [2.45, 2.75) is 272 Å². The van der Waals surface area contributed by atoms with Crippen LogP contribution in [0.4, 0.5) is 0 Å². The largest absolute Gasteiger partial charge is 0.506 e. The monoisotopic (exact) mass is 1530 g/mol. The normalized spacial score (nSPS) is 49.1. The van der Waals surface area contributed by atoms with E-state index in [-0.39, 0.29) is 23.4 Å². The third kappa shape index (κ3) is 18.2. The molecule has 0 amide bonds. The number of rotatable bonds is 26. The summed E-state index contributed by atoms with van der Waals surface area (Å²) in [4.78, 5) is 0. The molecular formula is C61H97NO43. The number of aliphatic hydroxyl groups is 27. The number of hydrogen-bond donors (Lipinski definition) is 28. The number of hydrogen-bond acceptors (Lipinski definition) is 44. The van der Waals surface area contributed by atoms with Crippen molar-refractivity contribution in [1.29, 1.82) is 0 Å². The predicted octanol–water partition coefficient (Wildman–Crippen LogP) is -15.5. The van der Waals surface area contributed by atoms with Crippen molar-refractivity contribution in [2.75, 3.05) is 52.9 Å². The summed E-state index contributed by atoms with van der Waals surface area (Å²) >= 11 is 0. The smallest absolute Gasteiger partial charge is 0.229 e. The third-order valence-electron chi connectivity index (χ3n) is 20.1. The van der Waals surface area contributed by atoms with Crippen LogP contribution in [-0.2, 0) is 77.5 Å². The van der Waals surface area contributed by atoms with Crippen LogP contribution in [-0.4, -0.2) is 442 Å². The van der Waals surface area contributed by atoms with Crippen LogP contribution in [0.25, 0.3) is 0 Å². The third-order valence-corrected chi connectivity index (χ3v) is 20.1. The zero-order valence-electron chi connectivity index (χ0n) is 56.0. The zero-order valence-corrected chi connectivity index (χ0v) is 56.0. The molecule has 0 spiro atoms. The Morgan fingerprint density at radius 3 is 0.724 bits per heavy atom. The molecule has 41 unspecified atom stereocenters. The van der Waals surface area contributed by atoms with Gasteiger partial charge >= 0.3 is 0 Å². The molecule has 8 saturated heterocycles. The van der Waals surface area contributed by atoms with Gasteiger partial charge in [-0.15, -0.1) is 0 Å². The van der Waals surface area contributed by atoms with Crippen LogP contribution in [0, 0.1) is 5.41 Å². The molecule has 41 atom stereocenters. The molecule has 0 bridgehead atoms. The molecule has 0 saturated carbocycles. The van der Waals surface area contributed by atoms with Gasteiger partial charge in [0.1, 0.15) is 201 Å². The van der Waals surface area contributed by atoms with Gasteiger partial charge in [-0.1, -0.05) is 26.0 Å². The predicted molar refractivity (Wildman–Crippen MR) is 326 cm³/mol. The topological polar surface area (TPSA) is 706 Å². The van der Waals surface area contributed by atoms with E-state index in [9.17, 15) is 138 Å². The standard InChI is InChI=1S/C61H97NO43/c1-61(2)26(62-52(89)51(61)88)7-16-3-5-17(6-4-16)97-60-50(87)42(79)34(71)25(105-60)15-96-59-49(86)41(78)33(70)24(104-59)14-95-58-48(85)40(77)32(69)23(103-58)13-94-57-47(84)39(76)31(68)22(102-57)12-93-56-46(83)38(75)30(67)21(101-56)11-92-55-45(82)37(74)29(66)20(100-55)10-91-54-44(81)36(73)28(65)19(99-54)9-90-53-43(80)35(72)27(64)18(8-63)98-53/h3-6,18-50,53-60,62-89H,7-15H2,1-2H3. The lowest BCUT2D eigenvalue weighted by Crippen LogP contribution is -2.63. The van der Waals surface area contributed by atoms with Crippen molar-refractivity contribution in [3.63, 3.8) is 0 Å². The zero-order chi connectivity index (χ0) is 76.7. The van der Waals surface area contributed by atoms with Crippen LogP contribution in [0.15, 0.2) is 35.9 Å². The molecular weight excluding hydrogens is 1430 g/mol. The molecule has 28 N–H and O–H groups in total. The molecule has 0 aliphatic carbocycles. The Labute approximate surface area is 595 Å². The van der Waals surface area contributed by atoms with Crippen molar-refractivity contribution in [1.82, 2.24) is 5.32 Å². The van der Waals surface area contributed by atoms with E-state index in [1.165, 1.54) is 12.1 Å². The molecule has 1 aromatic rings. The minimum Gasteiger partial charge on any atom is -0.506 e. The maximum atomic E-state index is 11.0. The molecule has 9 aliphatic heterocycles. The first-order chi connectivity index (χ1) is 49.5. The van der Waals surface area contributed by atoms with Crippen LogP contribution < -0.4 is 10.1 Å². The van der Waals surface area contributed by atoms with Gasteiger partial charge in [-0.3, -0.25) is 0 Å². The lowest BCUT2D eigenvalue weighted by atomic mass is 9.82. The maximum Gasteiger partial charge on any atom is 0.229 e. The first-order valence-corrected chi connectivity index (χ1v) is 33.7. The second-order valence-electron chi connectivity index (χ2n) is 27.7. The van der Waals surface area contributed by atoms with Crippen LogP contribution in [0.1, 0.15) is 19.4 Å². The van der Waals surface area contributed by atoms with Gasteiger partial charge in [-0.25, -0.2) is 0 Å². The van der Waals surface area contributed by atoms with Crippen molar-refractivity contribution < 1.29 is 214 Å². The number of aliphatic hydroxyl groups excluding tert-OH is 27. The molecule has 105 heavy (non-hydrogen) atoms. The average molecular weight is 1530 g/mol. The fourth-order valence-electron chi connectivity index (χ4n) is 13.1. The lowest BCUT2D eigenvalue weighted by Gasteiger charge is -2.45. The highest BCUT2D eigenvalue weighted by molar-refractivity contribution is 5.30. The van der Waals surface area contributed by atoms with Crippen LogP contribution in [0.5, 0.6) is 5.75 Å². The van der Waals surface area contributed by atoms with E-state index in [0.29, 0.717) is 6.42 Å². The fourth-order valence-corrected chi connectivity index (χ4v) is 13.1. The Bertz CT molecular complexity index is 2900. The van der Waals surface area contributed by atoms with Gasteiger partial charge < -0.3 is 219 Å². The summed E-state index contributed by atoms with van der Waals surface area (Å²) in [6.07, 6.45) is -74.8. The van der Waals surface area contributed by atoms with Gasteiger partial charge in [0.05, 0.1) is 52.9 Å². The second-order valence-corrected chi connectivity index (χ2v) is 27.7. The highest BCUT2D eigenvalue weighted by Gasteiger charge is 2.55. The van der Waals surface area contributed by atoms with Crippen molar-refractivity contribution in [2.24, 2.45) is 5.41 Å². The number of ether oxygens (including phenoxy) is 16. The lowest BCUT2D eigenvalue weighted by molar-refractivity contribution is -0.354. The molecule has 8 fully saturated rings. The summed E-state index contributed by atoms with van der Waals surface area (Å²) in [6, 6.07) is 6.01. The molecule has 0 aromatic heterocycles. The van der Waals surface area contributed by atoms with Gasteiger partial charge in [0.25, 0.3) is 0 Å². The SMILES string of the molecule is CC1(C)C(O)=C(O)NC1Cc1ccc(OC2OC(COC3OC(COC4OC(COC5OC(COC6OC(COC7OC(COC8OC(COC9OC(CO)C(O)C(O)C9O)C(O)C(O)C8O)C(O)C(O)C7O)C(O)C(O)C6O)C(O)C(O)C5O)C(O)C(O)C4O)C(O)C(O)C3O)C(O)C(O)C2O)cc1.